The van der Waals surface area contributed by atoms with Gasteiger partial charge in [0.15, 0.2) is 0 Å². The zero-order valence-corrected chi connectivity index (χ0v) is 11.7. The number of rotatable bonds is 5. The molecule has 0 saturated heterocycles. The summed E-state index contributed by atoms with van der Waals surface area (Å²) in [5.41, 5.74) is 7.08. The van der Waals surface area contributed by atoms with Gasteiger partial charge in [-0.25, -0.2) is 0 Å². The molecule has 2 aromatic heterocycles. The number of aromatic nitrogens is 3. The average Bonchev–Trinajstić information content (AvgIpc) is 2.84. The first-order valence-electron chi connectivity index (χ1n) is 6.46. The zero-order valence-electron chi connectivity index (χ0n) is 11.7. The maximum Gasteiger partial charge on any atom is 0.259 e. The zero-order chi connectivity index (χ0) is 15.2. The summed E-state index contributed by atoms with van der Waals surface area (Å²) in [6, 6.07) is 5.74. The first kappa shape index (κ1) is 14.5. The first-order valence-corrected chi connectivity index (χ1v) is 6.46. The molecule has 0 bridgehead atoms. The van der Waals surface area contributed by atoms with E-state index in [9.17, 15) is 4.79 Å². The van der Waals surface area contributed by atoms with Crippen molar-refractivity contribution in [3.63, 3.8) is 0 Å². The second-order valence-corrected chi connectivity index (χ2v) is 4.56. The van der Waals surface area contributed by atoms with Crippen LogP contribution in [0.15, 0.2) is 30.7 Å². The molecular formula is C14H16N6O. The molecule has 0 aliphatic carbocycles. The molecule has 0 aliphatic rings. The van der Waals surface area contributed by atoms with E-state index in [4.69, 9.17) is 11.0 Å². The lowest BCUT2D eigenvalue weighted by atomic mass is 10.2. The normalized spacial score (nSPS) is 10.1. The molecule has 0 atom stereocenters. The minimum absolute atomic E-state index is 0.236. The van der Waals surface area contributed by atoms with E-state index < -0.39 is 0 Å². The number of aryl methyl sites for hydroxylation is 1. The number of nitrogens with two attached hydrogens (primary N) is 1. The number of nitrogen functional groups attached to an aromatic ring is 1. The molecule has 21 heavy (non-hydrogen) atoms. The molecule has 0 aromatic carbocycles. The minimum Gasteiger partial charge on any atom is -0.383 e. The predicted octanol–water partition coefficient (Wildman–Crippen LogP) is 0.953. The van der Waals surface area contributed by atoms with Crippen LogP contribution in [-0.2, 0) is 13.6 Å². The molecule has 0 fully saturated rings. The summed E-state index contributed by atoms with van der Waals surface area (Å²) in [4.78, 5) is 18.2. The van der Waals surface area contributed by atoms with Gasteiger partial charge >= 0.3 is 0 Å². The van der Waals surface area contributed by atoms with Gasteiger partial charge in [0.2, 0.25) is 0 Å². The van der Waals surface area contributed by atoms with Crippen molar-refractivity contribution in [3.05, 3.63) is 41.9 Å². The highest BCUT2D eigenvalue weighted by Crippen LogP contribution is 2.15. The molecule has 2 N–H and O–H groups in total. The van der Waals surface area contributed by atoms with Gasteiger partial charge in [0, 0.05) is 32.5 Å². The van der Waals surface area contributed by atoms with Gasteiger partial charge in [-0.3, -0.25) is 14.5 Å². The smallest absolute Gasteiger partial charge is 0.259 e. The third kappa shape index (κ3) is 3.36. The molecule has 7 nitrogen and oxygen atoms in total. The van der Waals surface area contributed by atoms with Gasteiger partial charge in [-0.05, 0) is 11.6 Å². The van der Waals surface area contributed by atoms with E-state index in [-0.39, 0.29) is 12.3 Å². The molecule has 0 saturated carbocycles. The lowest BCUT2D eigenvalue weighted by molar-refractivity contribution is 0.0748. The molecule has 0 radical (unpaired) electrons. The lowest BCUT2D eigenvalue weighted by Crippen LogP contribution is -2.31. The molecule has 2 heterocycles. The highest BCUT2D eigenvalue weighted by Gasteiger charge is 2.20. The van der Waals surface area contributed by atoms with E-state index in [0.29, 0.717) is 24.5 Å². The van der Waals surface area contributed by atoms with Crippen LogP contribution >= 0.6 is 0 Å². The Morgan fingerprint density at radius 2 is 2.33 bits per heavy atom. The molecule has 1 amide bonds. The van der Waals surface area contributed by atoms with Crippen LogP contribution in [0.4, 0.5) is 5.82 Å². The fourth-order valence-corrected chi connectivity index (χ4v) is 1.93. The van der Waals surface area contributed by atoms with E-state index in [1.165, 1.54) is 10.9 Å². The fourth-order valence-electron chi connectivity index (χ4n) is 1.93. The molecule has 0 aliphatic heterocycles. The van der Waals surface area contributed by atoms with Gasteiger partial charge in [-0.2, -0.15) is 10.4 Å². The van der Waals surface area contributed by atoms with Crippen LogP contribution in [0, 0.1) is 11.3 Å². The van der Waals surface area contributed by atoms with Crippen molar-refractivity contribution in [3.8, 4) is 6.07 Å². The van der Waals surface area contributed by atoms with Gasteiger partial charge in [0.1, 0.15) is 11.4 Å². The third-order valence-electron chi connectivity index (χ3n) is 3.09. The maximum atomic E-state index is 12.6. The first-order chi connectivity index (χ1) is 10.1. The highest BCUT2D eigenvalue weighted by molar-refractivity contribution is 5.98. The lowest BCUT2D eigenvalue weighted by Gasteiger charge is -2.21. The standard InChI is InChI=1S/C14H16N6O/c1-19-13(16)12(9-18-19)14(21)20(7-3-5-15)10-11-4-2-6-17-8-11/h2,4,6,8-9H,3,7,10,16H2,1H3. The van der Waals surface area contributed by atoms with Crippen molar-refractivity contribution in [1.29, 1.82) is 5.26 Å². The second kappa shape index (κ2) is 6.52. The summed E-state index contributed by atoms with van der Waals surface area (Å²) in [6.07, 6.45) is 5.07. The number of carbonyl (C=O) groups is 1. The highest BCUT2D eigenvalue weighted by atomic mass is 16.2. The van der Waals surface area contributed by atoms with Gasteiger partial charge in [0.25, 0.3) is 5.91 Å². The number of carbonyl (C=O) groups excluding carboxylic acids is 1. The molecule has 0 unspecified atom stereocenters. The number of nitrogens with zero attached hydrogens (tertiary/aromatic N) is 5. The van der Waals surface area contributed by atoms with Crippen molar-refractivity contribution >= 4 is 11.7 Å². The van der Waals surface area contributed by atoms with Crippen LogP contribution in [0.3, 0.4) is 0 Å². The Morgan fingerprint density at radius 3 is 2.90 bits per heavy atom. The molecular weight excluding hydrogens is 268 g/mol. The summed E-state index contributed by atoms with van der Waals surface area (Å²) in [6.45, 7) is 0.710. The van der Waals surface area contributed by atoms with E-state index >= 15 is 0 Å². The summed E-state index contributed by atoms with van der Waals surface area (Å²) in [5.74, 6) is 0.0767. The quantitative estimate of drug-likeness (QED) is 0.881. The number of nitriles is 1. The van der Waals surface area contributed by atoms with Crippen LogP contribution in [0.1, 0.15) is 22.3 Å². The van der Waals surface area contributed by atoms with Crippen LogP contribution in [-0.4, -0.2) is 32.1 Å². The Hall–Kier alpha value is -2.88. The molecule has 2 rings (SSSR count). The largest absolute Gasteiger partial charge is 0.383 e. The number of anilines is 1. The maximum absolute atomic E-state index is 12.6. The monoisotopic (exact) mass is 284 g/mol. The van der Waals surface area contributed by atoms with Crippen molar-refractivity contribution in [1.82, 2.24) is 19.7 Å². The predicted molar refractivity (Wildman–Crippen MR) is 76.8 cm³/mol. The summed E-state index contributed by atoms with van der Waals surface area (Å²) in [7, 11) is 1.67. The van der Waals surface area contributed by atoms with Gasteiger partial charge in [-0.15, -0.1) is 0 Å². The fraction of sp³-hybridized carbons (Fsp3) is 0.286. The molecule has 108 valence electrons. The van der Waals surface area contributed by atoms with E-state index in [2.05, 4.69) is 10.1 Å². The van der Waals surface area contributed by atoms with Crippen molar-refractivity contribution in [2.75, 3.05) is 12.3 Å². The van der Waals surface area contributed by atoms with Gasteiger partial charge < -0.3 is 10.6 Å². The minimum atomic E-state index is -0.236. The van der Waals surface area contributed by atoms with Crippen LogP contribution < -0.4 is 5.73 Å². The number of hydrogen-bond acceptors (Lipinski definition) is 5. The number of hydrogen-bond donors (Lipinski definition) is 1. The van der Waals surface area contributed by atoms with Gasteiger partial charge in [-0.1, -0.05) is 6.07 Å². The second-order valence-electron chi connectivity index (χ2n) is 4.56. The Labute approximate surface area is 122 Å². The van der Waals surface area contributed by atoms with E-state index in [0.717, 1.165) is 5.56 Å². The summed E-state index contributed by atoms with van der Waals surface area (Å²) < 4.78 is 1.44. The molecule has 7 heteroatoms. The number of amides is 1. The van der Waals surface area contributed by atoms with Gasteiger partial charge in [0.05, 0.1) is 18.7 Å². The summed E-state index contributed by atoms with van der Waals surface area (Å²) >= 11 is 0. The van der Waals surface area contributed by atoms with Crippen molar-refractivity contribution in [2.24, 2.45) is 7.05 Å². The summed E-state index contributed by atoms with van der Waals surface area (Å²) in [5, 5.41) is 12.7. The Balaban J connectivity index is 2.21. The van der Waals surface area contributed by atoms with Crippen LogP contribution in [0.2, 0.25) is 0 Å². The Bertz CT molecular complexity index is 658. The molecule has 2 aromatic rings. The van der Waals surface area contributed by atoms with Crippen LogP contribution in [0.25, 0.3) is 0 Å². The SMILES string of the molecule is Cn1ncc(C(=O)N(CCC#N)Cc2cccnc2)c1N. The molecule has 0 spiro atoms. The number of pyridine rings is 1. The van der Waals surface area contributed by atoms with Crippen molar-refractivity contribution in [2.45, 2.75) is 13.0 Å². The Kier molecular flexibility index (Phi) is 4.51. The van der Waals surface area contributed by atoms with Crippen molar-refractivity contribution < 1.29 is 4.79 Å². The third-order valence-corrected chi connectivity index (χ3v) is 3.09. The van der Waals surface area contributed by atoms with Crippen LogP contribution in [0.5, 0.6) is 0 Å². The van der Waals surface area contributed by atoms with E-state index in [1.54, 1.807) is 30.4 Å². The van der Waals surface area contributed by atoms with E-state index in [1.807, 2.05) is 12.1 Å². The average molecular weight is 284 g/mol. The Morgan fingerprint density at radius 1 is 1.52 bits per heavy atom. The topological polar surface area (TPSA) is 101 Å².